The van der Waals surface area contributed by atoms with Gasteiger partial charge in [0.25, 0.3) is 0 Å². The molecule has 1 fully saturated rings. The summed E-state index contributed by atoms with van der Waals surface area (Å²) >= 11 is 11.9. The molecule has 0 amide bonds. The van der Waals surface area contributed by atoms with Crippen molar-refractivity contribution in [2.75, 3.05) is 36.0 Å². The summed E-state index contributed by atoms with van der Waals surface area (Å²) in [5.41, 5.74) is 1.18. The average molecular weight is 327 g/mol. The molecule has 112 valence electrons. The molecule has 5 nitrogen and oxygen atoms in total. The lowest BCUT2D eigenvalue weighted by Crippen LogP contribution is -2.46. The molecule has 1 saturated heterocycles. The number of halogens is 2. The molecule has 0 saturated carbocycles. The zero-order valence-electron chi connectivity index (χ0n) is 11.7. The maximum absolute atomic E-state index is 5.94. The molecule has 21 heavy (non-hydrogen) atoms. The van der Waals surface area contributed by atoms with Gasteiger partial charge in [-0.2, -0.15) is 0 Å². The van der Waals surface area contributed by atoms with E-state index in [1.807, 2.05) is 31.2 Å². The first-order chi connectivity index (χ1) is 10.1. The molecule has 2 aromatic rings. The summed E-state index contributed by atoms with van der Waals surface area (Å²) < 4.78 is 5.58. The number of aromatic nitrogens is 2. The quantitative estimate of drug-likeness (QED) is 0.809. The number of rotatable bonds is 3. The van der Waals surface area contributed by atoms with Crippen LogP contribution in [0.2, 0.25) is 5.02 Å². The lowest BCUT2D eigenvalue weighted by atomic mass is 10.2. The summed E-state index contributed by atoms with van der Waals surface area (Å²) in [6.07, 6.45) is 0. The molecule has 1 unspecified atom stereocenters. The standard InChI is InChI=1S/C14H16Cl2N4O/c1-10(15)13-17-18-14(21-13)20-8-6-19(7-9-20)12-4-2-11(16)3-5-12/h2-5,10H,6-9H2,1H3. The van der Waals surface area contributed by atoms with Crippen LogP contribution in [-0.2, 0) is 0 Å². The molecular weight excluding hydrogens is 311 g/mol. The number of nitrogens with zero attached hydrogens (tertiary/aromatic N) is 4. The molecule has 1 aliphatic heterocycles. The van der Waals surface area contributed by atoms with Crippen LogP contribution < -0.4 is 9.80 Å². The summed E-state index contributed by atoms with van der Waals surface area (Å²) in [6, 6.07) is 8.45. The van der Waals surface area contributed by atoms with Crippen molar-refractivity contribution in [3.05, 3.63) is 35.2 Å². The predicted molar refractivity (Wildman–Crippen MR) is 84.4 cm³/mol. The molecule has 7 heteroatoms. The van der Waals surface area contributed by atoms with Crippen LogP contribution >= 0.6 is 23.2 Å². The lowest BCUT2D eigenvalue weighted by Gasteiger charge is -2.35. The van der Waals surface area contributed by atoms with Gasteiger partial charge >= 0.3 is 6.01 Å². The molecule has 1 aromatic carbocycles. The van der Waals surface area contributed by atoms with Crippen LogP contribution in [0.3, 0.4) is 0 Å². The Morgan fingerprint density at radius 3 is 2.24 bits per heavy atom. The summed E-state index contributed by atoms with van der Waals surface area (Å²) in [5, 5.41) is 8.51. The maximum Gasteiger partial charge on any atom is 0.318 e. The second-order valence-electron chi connectivity index (χ2n) is 4.99. The van der Waals surface area contributed by atoms with Crippen LogP contribution in [0, 0.1) is 0 Å². The summed E-state index contributed by atoms with van der Waals surface area (Å²) in [6.45, 7) is 5.28. The van der Waals surface area contributed by atoms with Crippen molar-refractivity contribution in [2.24, 2.45) is 0 Å². The molecule has 1 atom stereocenters. The van der Waals surface area contributed by atoms with Gasteiger partial charge in [-0.3, -0.25) is 0 Å². The van der Waals surface area contributed by atoms with E-state index in [2.05, 4.69) is 20.0 Å². The number of hydrogen-bond donors (Lipinski definition) is 0. The van der Waals surface area contributed by atoms with Gasteiger partial charge in [-0.15, -0.1) is 16.7 Å². The molecule has 0 spiro atoms. The third-order valence-electron chi connectivity index (χ3n) is 3.51. The number of alkyl halides is 1. The maximum atomic E-state index is 5.94. The monoisotopic (exact) mass is 326 g/mol. The van der Waals surface area contributed by atoms with E-state index in [1.54, 1.807) is 0 Å². The Labute approximate surface area is 133 Å². The van der Waals surface area contributed by atoms with Crippen LogP contribution in [0.4, 0.5) is 11.7 Å². The first kappa shape index (κ1) is 14.5. The predicted octanol–water partition coefficient (Wildman–Crippen LogP) is 3.35. The zero-order chi connectivity index (χ0) is 14.8. The van der Waals surface area contributed by atoms with E-state index < -0.39 is 0 Å². The first-order valence-electron chi connectivity index (χ1n) is 6.86. The minimum atomic E-state index is -0.262. The van der Waals surface area contributed by atoms with Crippen molar-refractivity contribution >= 4 is 34.9 Å². The van der Waals surface area contributed by atoms with Gasteiger partial charge in [0.1, 0.15) is 5.38 Å². The minimum Gasteiger partial charge on any atom is -0.406 e. The summed E-state index contributed by atoms with van der Waals surface area (Å²) in [7, 11) is 0. The second-order valence-corrected chi connectivity index (χ2v) is 6.08. The van der Waals surface area contributed by atoms with E-state index in [0.29, 0.717) is 11.9 Å². The Bertz CT molecular complexity index is 591. The van der Waals surface area contributed by atoms with Gasteiger partial charge in [-0.25, -0.2) is 0 Å². The summed E-state index contributed by atoms with van der Waals surface area (Å²) in [4.78, 5) is 4.40. The first-order valence-corrected chi connectivity index (χ1v) is 7.68. The molecule has 3 rings (SSSR count). The molecule has 0 radical (unpaired) electrons. The smallest absolute Gasteiger partial charge is 0.318 e. The highest BCUT2D eigenvalue weighted by Gasteiger charge is 2.22. The molecule has 1 aromatic heterocycles. The number of anilines is 2. The highest BCUT2D eigenvalue weighted by Crippen LogP contribution is 2.24. The summed E-state index contributed by atoms with van der Waals surface area (Å²) in [5.74, 6) is 0.465. The van der Waals surface area contributed by atoms with Gasteiger partial charge in [-0.05, 0) is 31.2 Å². The van der Waals surface area contributed by atoms with Crippen molar-refractivity contribution in [1.82, 2.24) is 10.2 Å². The van der Waals surface area contributed by atoms with Gasteiger partial charge in [-0.1, -0.05) is 16.7 Å². The topological polar surface area (TPSA) is 45.4 Å². The number of piperazine rings is 1. The normalized spacial score (nSPS) is 17.1. The van der Waals surface area contributed by atoms with E-state index >= 15 is 0 Å². The van der Waals surface area contributed by atoms with Gasteiger partial charge < -0.3 is 14.2 Å². The van der Waals surface area contributed by atoms with E-state index in [-0.39, 0.29) is 5.38 Å². The SMILES string of the molecule is CC(Cl)c1nnc(N2CCN(c3ccc(Cl)cc3)CC2)o1. The Morgan fingerprint density at radius 1 is 1.05 bits per heavy atom. The molecule has 0 bridgehead atoms. The van der Waals surface area contributed by atoms with Crippen LogP contribution in [-0.4, -0.2) is 36.4 Å². The highest BCUT2D eigenvalue weighted by molar-refractivity contribution is 6.30. The Morgan fingerprint density at radius 2 is 1.67 bits per heavy atom. The van der Waals surface area contributed by atoms with E-state index in [1.165, 1.54) is 5.69 Å². The van der Waals surface area contributed by atoms with Crippen LogP contribution in [0.25, 0.3) is 0 Å². The minimum absolute atomic E-state index is 0.262. The van der Waals surface area contributed by atoms with E-state index in [4.69, 9.17) is 27.6 Å². The van der Waals surface area contributed by atoms with Crippen molar-refractivity contribution in [3.63, 3.8) is 0 Å². The van der Waals surface area contributed by atoms with E-state index in [9.17, 15) is 0 Å². The molecule has 0 aliphatic carbocycles. The fraction of sp³-hybridized carbons (Fsp3) is 0.429. The fourth-order valence-corrected chi connectivity index (χ4v) is 2.54. The van der Waals surface area contributed by atoms with Crippen molar-refractivity contribution < 1.29 is 4.42 Å². The Balaban J connectivity index is 1.63. The number of hydrogen-bond acceptors (Lipinski definition) is 5. The molecule has 1 aliphatic rings. The van der Waals surface area contributed by atoms with Crippen molar-refractivity contribution in [2.45, 2.75) is 12.3 Å². The number of benzene rings is 1. The second kappa shape index (κ2) is 6.12. The van der Waals surface area contributed by atoms with Gasteiger partial charge in [0.15, 0.2) is 0 Å². The Hall–Kier alpha value is -1.46. The van der Waals surface area contributed by atoms with E-state index in [0.717, 1.165) is 31.2 Å². The van der Waals surface area contributed by atoms with Crippen molar-refractivity contribution in [1.29, 1.82) is 0 Å². The highest BCUT2D eigenvalue weighted by atomic mass is 35.5. The van der Waals surface area contributed by atoms with Gasteiger partial charge in [0.2, 0.25) is 5.89 Å². The molecule has 2 heterocycles. The Kier molecular flexibility index (Phi) is 4.22. The molecule has 0 N–H and O–H groups in total. The van der Waals surface area contributed by atoms with Gasteiger partial charge in [0, 0.05) is 36.9 Å². The third kappa shape index (κ3) is 3.24. The average Bonchev–Trinajstić information content (AvgIpc) is 2.98. The lowest BCUT2D eigenvalue weighted by molar-refractivity contribution is 0.475. The largest absolute Gasteiger partial charge is 0.406 e. The van der Waals surface area contributed by atoms with Gasteiger partial charge in [0.05, 0.1) is 0 Å². The van der Waals surface area contributed by atoms with Crippen LogP contribution in [0.1, 0.15) is 18.2 Å². The fourth-order valence-electron chi connectivity index (χ4n) is 2.32. The van der Waals surface area contributed by atoms with Crippen LogP contribution in [0.5, 0.6) is 0 Å². The molecular formula is C14H16Cl2N4O. The van der Waals surface area contributed by atoms with Crippen LogP contribution in [0.15, 0.2) is 28.7 Å². The third-order valence-corrected chi connectivity index (χ3v) is 3.95. The zero-order valence-corrected chi connectivity index (χ0v) is 13.2. The van der Waals surface area contributed by atoms with Crippen molar-refractivity contribution in [3.8, 4) is 0 Å².